The first-order chi connectivity index (χ1) is 10.9. The van der Waals surface area contributed by atoms with Gasteiger partial charge in [0.15, 0.2) is 11.5 Å². The van der Waals surface area contributed by atoms with Crippen molar-refractivity contribution in [3.05, 3.63) is 60.2 Å². The lowest BCUT2D eigenvalue weighted by Gasteiger charge is -2.12. The Kier molecular flexibility index (Phi) is 7.33. The van der Waals surface area contributed by atoms with Crippen LogP contribution in [0.1, 0.15) is 31.2 Å². The molecule has 0 aliphatic heterocycles. The molecule has 3 nitrogen and oxygen atoms in total. The van der Waals surface area contributed by atoms with E-state index < -0.39 is 0 Å². The van der Waals surface area contributed by atoms with Crippen LogP contribution in [0.25, 0.3) is 0 Å². The maximum Gasteiger partial charge on any atom is 0.161 e. The topological polar surface area (TPSA) is 44.5 Å². The Morgan fingerprint density at radius 3 is 2.05 bits per heavy atom. The summed E-state index contributed by atoms with van der Waals surface area (Å²) in [6.45, 7) is 2.05. The molecule has 0 aliphatic rings. The molecule has 0 fully saturated rings. The Morgan fingerprint density at radius 1 is 0.682 bits per heavy atom. The number of hydrogen-bond acceptors (Lipinski definition) is 3. The number of hydrogen-bond donors (Lipinski definition) is 1. The smallest absolute Gasteiger partial charge is 0.161 e. The first-order valence-corrected chi connectivity index (χ1v) is 7.99. The van der Waals surface area contributed by atoms with E-state index in [1.54, 1.807) is 0 Å². The van der Waals surface area contributed by atoms with Gasteiger partial charge in [0.25, 0.3) is 0 Å². The minimum atomic E-state index is 0.553. The van der Waals surface area contributed by atoms with E-state index in [4.69, 9.17) is 15.2 Å². The zero-order valence-electron chi connectivity index (χ0n) is 13.0. The second-order valence-electron chi connectivity index (χ2n) is 5.27. The van der Waals surface area contributed by atoms with Crippen LogP contribution in [0, 0.1) is 0 Å². The van der Waals surface area contributed by atoms with Crippen molar-refractivity contribution in [2.45, 2.75) is 32.3 Å². The second kappa shape index (κ2) is 9.85. The van der Waals surface area contributed by atoms with E-state index in [1.807, 2.05) is 42.5 Å². The van der Waals surface area contributed by atoms with Crippen LogP contribution in [0.15, 0.2) is 54.6 Å². The van der Waals surface area contributed by atoms with E-state index in [1.165, 1.54) is 6.42 Å². The van der Waals surface area contributed by atoms with Crippen molar-refractivity contribution < 1.29 is 9.47 Å². The molecule has 0 heterocycles. The van der Waals surface area contributed by atoms with Gasteiger partial charge in [0.2, 0.25) is 0 Å². The molecule has 0 aliphatic carbocycles. The molecule has 0 unspecified atom stereocenters. The number of unbranched alkanes of at least 4 members (excludes halogenated alkanes) is 3. The third-order valence-corrected chi connectivity index (χ3v) is 3.44. The van der Waals surface area contributed by atoms with Crippen LogP contribution in [0.4, 0.5) is 0 Å². The van der Waals surface area contributed by atoms with Gasteiger partial charge >= 0.3 is 0 Å². The maximum absolute atomic E-state index is 5.88. The van der Waals surface area contributed by atoms with Gasteiger partial charge in [0, 0.05) is 0 Å². The Morgan fingerprint density at radius 2 is 1.32 bits per heavy atom. The third-order valence-electron chi connectivity index (χ3n) is 3.44. The van der Waals surface area contributed by atoms with E-state index in [9.17, 15) is 0 Å². The molecule has 0 spiro atoms. The monoisotopic (exact) mass is 299 g/mol. The van der Waals surface area contributed by atoms with Gasteiger partial charge in [-0.25, -0.2) is 0 Å². The highest BCUT2D eigenvalue weighted by Gasteiger charge is 2.04. The molecule has 118 valence electrons. The zero-order chi connectivity index (χ0) is 15.5. The normalized spacial score (nSPS) is 10.4. The molecule has 2 aromatic rings. The first kappa shape index (κ1) is 16.4. The average molecular weight is 299 g/mol. The number of rotatable bonds is 10. The Balaban J connectivity index is 1.79. The number of nitrogens with two attached hydrogens (primary N) is 1. The summed E-state index contributed by atoms with van der Waals surface area (Å²) in [7, 11) is 0. The molecule has 2 rings (SSSR count). The van der Waals surface area contributed by atoms with E-state index in [-0.39, 0.29) is 0 Å². The van der Waals surface area contributed by atoms with Gasteiger partial charge in [-0.05, 0) is 37.1 Å². The fourth-order valence-electron chi connectivity index (χ4n) is 2.21. The standard InChI is InChI=1S/C19H25NO2/c20-14-8-1-2-9-15-21-18-12-6-7-13-19(18)22-16-17-10-4-3-5-11-17/h3-7,10-13H,1-2,8-9,14-16,20H2. The lowest BCUT2D eigenvalue weighted by atomic mass is 10.2. The molecular formula is C19H25NO2. The van der Waals surface area contributed by atoms with Gasteiger partial charge in [0.1, 0.15) is 6.61 Å². The van der Waals surface area contributed by atoms with E-state index >= 15 is 0 Å². The summed E-state index contributed by atoms with van der Waals surface area (Å²) < 4.78 is 11.7. The van der Waals surface area contributed by atoms with Crippen LogP contribution in [0.2, 0.25) is 0 Å². The van der Waals surface area contributed by atoms with Gasteiger partial charge in [-0.1, -0.05) is 55.3 Å². The first-order valence-electron chi connectivity index (χ1n) is 7.99. The largest absolute Gasteiger partial charge is 0.490 e. The summed E-state index contributed by atoms with van der Waals surface area (Å²) >= 11 is 0. The quantitative estimate of drug-likeness (QED) is 0.670. The predicted molar refractivity (Wildman–Crippen MR) is 90.2 cm³/mol. The summed E-state index contributed by atoms with van der Waals surface area (Å²) in [4.78, 5) is 0. The van der Waals surface area contributed by atoms with Crippen molar-refractivity contribution in [1.29, 1.82) is 0 Å². The second-order valence-corrected chi connectivity index (χ2v) is 5.27. The van der Waals surface area contributed by atoms with Crippen LogP contribution in [0.5, 0.6) is 11.5 Å². The van der Waals surface area contributed by atoms with E-state index in [2.05, 4.69) is 12.1 Å². The lowest BCUT2D eigenvalue weighted by Crippen LogP contribution is -2.02. The van der Waals surface area contributed by atoms with E-state index in [0.717, 1.165) is 49.5 Å². The Bertz CT molecular complexity index is 528. The van der Waals surface area contributed by atoms with Crippen LogP contribution >= 0.6 is 0 Å². The average Bonchev–Trinajstić information content (AvgIpc) is 2.58. The van der Waals surface area contributed by atoms with Gasteiger partial charge in [-0.2, -0.15) is 0 Å². The molecule has 0 bridgehead atoms. The highest BCUT2D eigenvalue weighted by Crippen LogP contribution is 2.27. The molecule has 0 saturated heterocycles. The SMILES string of the molecule is NCCCCCCOc1ccccc1OCc1ccccc1. The van der Waals surface area contributed by atoms with Crippen molar-refractivity contribution in [3.8, 4) is 11.5 Å². The lowest BCUT2D eigenvalue weighted by molar-refractivity contribution is 0.257. The van der Waals surface area contributed by atoms with Gasteiger partial charge in [0.05, 0.1) is 6.61 Å². The molecule has 0 radical (unpaired) electrons. The zero-order valence-corrected chi connectivity index (χ0v) is 13.0. The minimum absolute atomic E-state index is 0.553. The number of ether oxygens (including phenoxy) is 2. The summed E-state index contributed by atoms with van der Waals surface area (Å²) in [5, 5.41) is 0. The molecule has 2 aromatic carbocycles. The molecule has 0 amide bonds. The fraction of sp³-hybridized carbons (Fsp3) is 0.368. The summed E-state index contributed by atoms with van der Waals surface area (Å²) in [5.74, 6) is 1.62. The van der Waals surface area contributed by atoms with Crippen molar-refractivity contribution in [1.82, 2.24) is 0 Å². The molecule has 3 heteroatoms. The number of benzene rings is 2. The Hall–Kier alpha value is -2.00. The number of para-hydroxylation sites is 2. The molecule has 2 N–H and O–H groups in total. The van der Waals surface area contributed by atoms with Crippen molar-refractivity contribution in [3.63, 3.8) is 0 Å². The maximum atomic E-state index is 5.88. The van der Waals surface area contributed by atoms with Crippen LogP contribution < -0.4 is 15.2 Å². The highest BCUT2D eigenvalue weighted by atomic mass is 16.5. The van der Waals surface area contributed by atoms with Crippen LogP contribution in [-0.2, 0) is 6.61 Å². The molecular weight excluding hydrogens is 274 g/mol. The van der Waals surface area contributed by atoms with Crippen molar-refractivity contribution >= 4 is 0 Å². The molecule has 0 saturated carbocycles. The van der Waals surface area contributed by atoms with Crippen molar-refractivity contribution in [2.75, 3.05) is 13.2 Å². The van der Waals surface area contributed by atoms with Crippen LogP contribution in [0.3, 0.4) is 0 Å². The predicted octanol–water partition coefficient (Wildman–Crippen LogP) is 4.16. The molecule has 0 atom stereocenters. The summed E-state index contributed by atoms with van der Waals surface area (Å²) in [5.41, 5.74) is 6.64. The summed E-state index contributed by atoms with van der Waals surface area (Å²) in [6, 6.07) is 18.0. The van der Waals surface area contributed by atoms with Gasteiger partial charge in [-0.3, -0.25) is 0 Å². The Labute approximate surface area is 133 Å². The third kappa shape index (κ3) is 5.78. The van der Waals surface area contributed by atoms with Gasteiger partial charge < -0.3 is 15.2 Å². The van der Waals surface area contributed by atoms with Crippen LogP contribution in [-0.4, -0.2) is 13.2 Å². The summed E-state index contributed by atoms with van der Waals surface area (Å²) in [6.07, 6.45) is 4.47. The minimum Gasteiger partial charge on any atom is -0.490 e. The molecule has 22 heavy (non-hydrogen) atoms. The highest BCUT2D eigenvalue weighted by molar-refractivity contribution is 5.39. The molecule has 0 aromatic heterocycles. The van der Waals surface area contributed by atoms with E-state index in [0.29, 0.717) is 6.61 Å². The van der Waals surface area contributed by atoms with Gasteiger partial charge in [-0.15, -0.1) is 0 Å². The fourth-order valence-corrected chi connectivity index (χ4v) is 2.21. The van der Waals surface area contributed by atoms with Crippen molar-refractivity contribution in [2.24, 2.45) is 5.73 Å².